The van der Waals surface area contributed by atoms with Gasteiger partial charge in [0.1, 0.15) is 11.8 Å². The Balaban J connectivity index is 2.88. The molecule has 0 radical (unpaired) electrons. The first-order chi connectivity index (χ1) is 9.97. The van der Waals surface area contributed by atoms with Gasteiger partial charge >= 0.3 is 5.97 Å². The highest BCUT2D eigenvalue weighted by molar-refractivity contribution is 5.93. The number of nitrogens with zero attached hydrogens (tertiary/aromatic N) is 1. The second-order valence-corrected chi connectivity index (χ2v) is 4.68. The van der Waals surface area contributed by atoms with Gasteiger partial charge < -0.3 is 14.8 Å². The maximum atomic E-state index is 11.5. The van der Waals surface area contributed by atoms with Gasteiger partial charge in [0, 0.05) is 18.0 Å². The molecule has 0 saturated heterocycles. The molecular formula is C16H20N2O3. The van der Waals surface area contributed by atoms with Gasteiger partial charge in [-0.15, -0.1) is 0 Å². The topological polar surface area (TPSA) is 71.4 Å². The first-order valence-corrected chi connectivity index (χ1v) is 6.79. The zero-order chi connectivity index (χ0) is 15.8. The number of rotatable bonds is 6. The summed E-state index contributed by atoms with van der Waals surface area (Å²) >= 11 is 0. The van der Waals surface area contributed by atoms with Crippen molar-refractivity contribution in [2.24, 2.45) is 0 Å². The number of nitrogens with one attached hydrogen (secondary N) is 1. The van der Waals surface area contributed by atoms with Crippen molar-refractivity contribution in [1.82, 2.24) is 0 Å². The maximum absolute atomic E-state index is 11.5. The molecule has 0 heterocycles. The van der Waals surface area contributed by atoms with E-state index in [-0.39, 0.29) is 18.3 Å². The molecule has 5 nitrogen and oxygen atoms in total. The van der Waals surface area contributed by atoms with Crippen LogP contribution in [0.5, 0.6) is 5.75 Å². The minimum Gasteiger partial charge on any atom is -0.491 e. The van der Waals surface area contributed by atoms with E-state index < -0.39 is 5.97 Å². The van der Waals surface area contributed by atoms with Crippen molar-refractivity contribution in [1.29, 1.82) is 5.26 Å². The van der Waals surface area contributed by atoms with E-state index in [9.17, 15) is 4.79 Å². The van der Waals surface area contributed by atoms with Crippen LogP contribution >= 0.6 is 0 Å². The first kappa shape index (κ1) is 16.6. The number of hydrogen-bond acceptors (Lipinski definition) is 5. The van der Waals surface area contributed by atoms with Crippen molar-refractivity contribution in [3.8, 4) is 11.8 Å². The Morgan fingerprint density at radius 3 is 2.76 bits per heavy atom. The highest BCUT2D eigenvalue weighted by atomic mass is 16.5. The van der Waals surface area contributed by atoms with E-state index in [0.29, 0.717) is 0 Å². The van der Waals surface area contributed by atoms with E-state index in [1.165, 1.54) is 6.20 Å². The van der Waals surface area contributed by atoms with E-state index in [1.54, 1.807) is 6.92 Å². The fraction of sp³-hybridized carbons (Fsp3) is 0.375. The van der Waals surface area contributed by atoms with Crippen LogP contribution in [0.2, 0.25) is 0 Å². The second-order valence-electron chi connectivity index (χ2n) is 4.68. The molecule has 1 aromatic carbocycles. The number of carbonyl (C=O) groups excluding carboxylic acids is 1. The van der Waals surface area contributed by atoms with Crippen molar-refractivity contribution < 1.29 is 14.3 Å². The SMILES string of the molecule is CCOC(=O)/C(C#N)=C\Nc1ccc(C)c(OC(C)C)c1. The third kappa shape index (κ3) is 5.19. The molecule has 0 saturated carbocycles. The Morgan fingerprint density at radius 2 is 2.19 bits per heavy atom. The lowest BCUT2D eigenvalue weighted by Gasteiger charge is -2.13. The van der Waals surface area contributed by atoms with Gasteiger partial charge in [0.15, 0.2) is 5.57 Å². The molecule has 5 heteroatoms. The molecule has 0 fully saturated rings. The minimum atomic E-state index is -0.640. The zero-order valence-corrected chi connectivity index (χ0v) is 12.8. The summed E-state index contributed by atoms with van der Waals surface area (Å²) < 4.78 is 10.5. The molecule has 0 amide bonds. The van der Waals surface area contributed by atoms with E-state index in [4.69, 9.17) is 14.7 Å². The Morgan fingerprint density at radius 1 is 1.48 bits per heavy atom. The number of hydrogen-bond donors (Lipinski definition) is 1. The molecule has 0 aromatic heterocycles. The monoisotopic (exact) mass is 288 g/mol. The van der Waals surface area contributed by atoms with Crippen LogP contribution in [0.1, 0.15) is 26.3 Å². The average molecular weight is 288 g/mol. The maximum Gasteiger partial charge on any atom is 0.350 e. The first-order valence-electron chi connectivity index (χ1n) is 6.79. The van der Waals surface area contributed by atoms with Crippen molar-refractivity contribution in [2.75, 3.05) is 11.9 Å². The molecule has 0 bridgehead atoms. The van der Waals surface area contributed by atoms with Gasteiger partial charge in [0.2, 0.25) is 0 Å². The number of ether oxygens (including phenoxy) is 2. The van der Waals surface area contributed by atoms with Crippen LogP contribution in [0.3, 0.4) is 0 Å². The number of carbonyl (C=O) groups is 1. The Bertz CT molecular complexity index is 571. The van der Waals surface area contributed by atoms with Crippen molar-refractivity contribution >= 4 is 11.7 Å². The molecule has 0 spiro atoms. The van der Waals surface area contributed by atoms with Gasteiger partial charge in [-0.1, -0.05) is 6.07 Å². The fourth-order valence-electron chi connectivity index (χ4n) is 1.57. The van der Waals surface area contributed by atoms with Crippen molar-refractivity contribution in [3.63, 3.8) is 0 Å². The van der Waals surface area contributed by atoms with Crippen LogP contribution in [-0.4, -0.2) is 18.7 Å². The van der Waals surface area contributed by atoms with Crippen LogP contribution in [0.15, 0.2) is 30.0 Å². The van der Waals surface area contributed by atoms with Gasteiger partial charge in [-0.05, 0) is 39.3 Å². The molecular weight excluding hydrogens is 268 g/mol. The molecule has 1 aromatic rings. The lowest BCUT2D eigenvalue weighted by molar-refractivity contribution is -0.138. The summed E-state index contributed by atoms with van der Waals surface area (Å²) in [6, 6.07) is 7.39. The molecule has 1 N–H and O–H groups in total. The highest BCUT2D eigenvalue weighted by Crippen LogP contribution is 2.23. The van der Waals surface area contributed by atoms with Gasteiger partial charge in [0.25, 0.3) is 0 Å². The van der Waals surface area contributed by atoms with Crippen LogP contribution in [0.4, 0.5) is 5.69 Å². The molecule has 112 valence electrons. The summed E-state index contributed by atoms with van der Waals surface area (Å²) in [5, 5.41) is 11.8. The quantitative estimate of drug-likeness (QED) is 0.494. The molecule has 0 aliphatic heterocycles. The van der Waals surface area contributed by atoms with Crippen LogP contribution in [-0.2, 0) is 9.53 Å². The summed E-state index contributed by atoms with van der Waals surface area (Å²) in [5.74, 6) is 0.122. The summed E-state index contributed by atoms with van der Waals surface area (Å²) in [5.41, 5.74) is 1.67. The third-order valence-corrected chi connectivity index (χ3v) is 2.55. The summed E-state index contributed by atoms with van der Waals surface area (Å²) in [7, 11) is 0. The van der Waals surface area contributed by atoms with Gasteiger partial charge in [0.05, 0.1) is 12.7 Å². The Kier molecular flexibility index (Phi) is 6.28. The Hall–Kier alpha value is -2.48. The average Bonchev–Trinajstić information content (AvgIpc) is 2.42. The molecule has 0 aliphatic rings. The van der Waals surface area contributed by atoms with Gasteiger partial charge in [-0.3, -0.25) is 0 Å². The Labute approximate surface area is 125 Å². The number of aryl methyl sites for hydroxylation is 1. The van der Waals surface area contributed by atoms with E-state index in [0.717, 1.165) is 17.0 Å². The molecule has 0 atom stereocenters. The number of nitriles is 1. The molecule has 21 heavy (non-hydrogen) atoms. The van der Waals surface area contributed by atoms with Gasteiger partial charge in [-0.25, -0.2) is 4.79 Å². The number of benzene rings is 1. The van der Waals surface area contributed by atoms with E-state index in [2.05, 4.69) is 5.32 Å². The second kappa shape index (κ2) is 7.95. The molecule has 0 aliphatic carbocycles. The normalized spacial score (nSPS) is 11.0. The molecule has 0 unspecified atom stereocenters. The number of anilines is 1. The minimum absolute atomic E-state index is 0.0729. The predicted molar refractivity (Wildman–Crippen MR) is 80.9 cm³/mol. The van der Waals surface area contributed by atoms with Crippen molar-refractivity contribution in [2.45, 2.75) is 33.8 Å². The molecule has 1 rings (SSSR count). The highest BCUT2D eigenvalue weighted by Gasteiger charge is 2.09. The summed E-state index contributed by atoms with van der Waals surface area (Å²) in [4.78, 5) is 11.5. The lowest BCUT2D eigenvalue weighted by Crippen LogP contribution is -2.08. The smallest absolute Gasteiger partial charge is 0.350 e. The van der Waals surface area contributed by atoms with Crippen LogP contribution in [0.25, 0.3) is 0 Å². The number of esters is 1. The standard InChI is InChI=1S/C16H20N2O3/c1-5-20-16(19)13(9-17)10-18-14-7-6-12(4)15(8-14)21-11(2)3/h6-8,10-11,18H,5H2,1-4H3/b13-10-. The fourth-order valence-corrected chi connectivity index (χ4v) is 1.57. The summed E-state index contributed by atoms with van der Waals surface area (Å²) in [6.45, 7) is 7.78. The van der Waals surface area contributed by atoms with E-state index >= 15 is 0 Å². The van der Waals surface area contributed by atoms with E-state index in [1.807, 2.05) is 45.0 Å². The zero-order valence-electron chi connectivity index (χ0n) is 12.8. The largest absolute Gasteiger partial charge is 0.491 e. The third-order valence-electron chi connectivity index (χ3n) is 2.55. The summed E-state index contributed by atoms with van der Waals surface area (Å²) in [6.07, 6.45) is 1.41. The van der Waals surface area contributed by atoms with Crippen molar-refractivity contribution in [3.05, 3.63) is 35.5 Å². The van der Waals surface area contributed by atoms with Crippen LogP contribution < -0.4 is 10.1 Å². The van der Waals surface area contributed by atoms with Crippen LogP contribution in [0, 0.1) is 18.3 Å². The lowest BCUT2D eigenvalue weighted by atomic mass is 10.2. The predicted octanol–water partition coefficient (Wildman–Crippen LogP) is 3.16. The van der Waals surface area contributed by atoms with Gasteiger partial charge in [-0.2, -0.15) is 5.26 Å².